The van der Waals surface area contributed by atoms with Gasteiger partial charge in [0.1, 0.15) is 5.75 Å². The lowest BCUT2D eigenvalue weighted by molar-refractivity contribution is -0.126. The quantitative estimate of drug-likeness (QED) is 0.825. The maximum atomic E-state index is 12.7. The fraction of sp³-hybridized carbons (Fsp3) is 0.348. The number of amides is 3. The number of hydrogen-bond acceptors (Lipinski definition) is 4. The predicted molar refractivity (Wildman–Crippen MR) is 113 cm³/mol. The maximum Gasteiger partial charge on any atom is 0.227 e. The number of benzene rings is 2. The van der Waals surface area contributed by atoms with E-state index in [4.69, 9.17) is 4.74 Å². The average molecular weight is 407 g/mol. The van der Waals surface area contributed by atoms with E-state index in [1.807, 2.05) is 42.5 Å². The standard InChI is InChI=1S/C23H25N3O4/c1-15(27)25-10-9-16-11-19(7-8-20(16)25)26-14-18(12-22(26)28)23(29)24-13-17-5-3-4-6-21(17)30-2/h3-8,11,18H,9-10,12-14H2,1-2H3,(H,24,29). The van der Waals surface area contributed by atoms with Gasteiger partial charge in [-0.2, -0.15) is 0 Å². The number of fused-ring (bicyclic) bond motifs is 1. The van der Waals surface area contributed by atoms with Crippen LogP contribution in [-0.4, -0.2) is 37.9 Å². The van der Waals surface area contributed by atoms with Gasteiger partial charge in [0.05, 0.1) is 13.0 Å². The fourth-order valence-corrected chi connectivity index (χ4v) is 4.19. The summed E-state index contributed by atoms with van der Waals surface area (Å²) in [6, 6.07) is 13.2. The lowest BCUT2D eigenvalue weighted by atomic mass is 10.1. The van der Waals surface area contributed by atoms with Gasteiger partial charge in [-0.3, -0.25) is 14.4 Å². The molecular weight excluding hydrogens is 382 g/mol. The van der Waals surface area contributed by atoms with E-state index in [2.05, 4.69) is 5.32 Å². The van der Waals surface area contributed by atoms with Crippen molar-refractivity contribution < 1.29 is 19.1 Å². The summed E-state index contributed by atoms with van der Waals surface area (Å²) in [5, 5.41) is 2.93. The first-order valence-corrected chi connectivity index (χ1v) is 10.1. The second-order valence-corrected chi connectivity index (χ2v) is 7.67. The molecule has 0 radical (unpaired) electrons. The number of ether oxygens (including phenoxy) is 1. The highest BCUT2D eigenvalue weighted by molar-refractivity contribution is 6.01. The number of nitrogens with one attached hydrogen (secondary N) is 1. The summed E-state index contributed by atoms with van der Waals surface area (Å²) < 4.78 is 5.32. The largest absolute Gasteiger partial charge is 0.496 e. The topological polar surface area (TPSA) is 79.0 Å². The van der Waals surface area contributed by atoms with Crippen LogP contribution >= 0.6 is 0 Å². The molecule has 7 heteroatoms. The van der Waals surface area contributed by atoms with E-state index in [1.165, 1.54) is 0 Å². The number of carbonyl (C=O) groups is 3. The highest BCUT2D eigenvalue weighted by Gasteiger charge is 2.35. The molecule has 0 spiro atoms. The van der Waals surface area contributed by atoms with Crippen LogP contribution in [0.1, 0.15) is 24.5 Å². The van der Waals surface area contributed by atoms with Crippen LogP contribution in [-0.2, 0) is 27.3 Å². The molecule has 4 rings (SSSR count). The SMILES string of the molecule is COc1ccccc1CNC(=O)C1CC(=O)N(c2ccc3c(c2)CCN3C(C)=O)C1. The normalized spacial score (nSPS) is 17.8. The predicted octanol–water partition coefficient (Wildman–Crippen LogP) is 2.27. The van der Waals surface area contributed by atoms with Crippen molar-refractivity contribution in [2.45, 2.75) is 26.3 Å². The first-order valence-electron chi connectivity index (χ1n) is 10.1. The third kappa shape index (κ3) is 3.75. The third-order valence-corrected chi connectivity index (χ3v) is 5.79. The summed E-state index contributed by atoms with van der Waals surface area (Å²) in [5.41, 5.74) is 3.64. The van der Waals surface area contributed by atoms with Crippen LogP contribution in [0.2, 0.25) is 0 Å². The van der Waals surface area contributed by atoms with Gasteiger partial charge < -0.3 is 19.9 Å². The van der Waals surface area contributed by atoms with Crippen LogP contribution in [0.4, 0.5) is 11.4 Å². The van der Waals surface area contributed by atoms with Crippen LogP contribution in [0.3, 0.4) is 0 Å². The smallest absolute Gasteiger partial charge is 0.227 e. The van der Waals surface area contributed by atoms with Crippen molar-refractivity contribution in [2.24, 2.45) is 5.92 Å². The van der Waals surface area contributed by atoms with Gasteiger partial charge >= 0.3 is 0 Å². The molecule has 0 aliphatic carbocycles. The molecule has 0 saturated carbocycles. The molecule has 3 amide bonds. The zero-order valence-corrected chi connectivity index (χ0v) is 17.2. The Morgan fingerprint density at radius 1 is 1.20 bits per heavy atom. The molecular formula is C23H25N3O4. The number of para-hydroxylation sites is 1. The average Bonchev–Trinajstić information content (AvgIpc) is 3.35. The van der Waals surface area contributed by atoms with E-state index in [1.54, 1.807) is 23.8 Å². The van der Waals surface area contributed by atoms with Crippen LogP contribution in [0.25, 0.3) is 0 Å². The van der Waals surface area contributed by atoms with Crippen molar-refractivity contribution in [2.75, 3.05) is 30.0 Å². The van der Waals surface area contributed by atoms with Crippen molar-refractivity contribution in [3.63, 3.8) is 0 Å². The molecule has 0 bridgehead atoms. The second kappa shape index (κ2) is 8.18. The van der Waals surface area contributed by atoms with Crippen LogP contribution in [0, 0.1) is 5.92 Å². The number of nitrogens with zero attached hydrogens (tertiary/aromatic N) is 2. The minimum Gasteiger partial charge on any atom is -0.496 e. The van der Waals surface area contributed by atoms with Crippen molar-refractivity contribution in [1.29, 1.82) is 0 Å². The number of carbonyl (C=O) groups excluding carboxylic acids is 3. The minimum absolute atomic E-state index is 0.0190. The van der Waals surface area contributed by atoms with Gasteiger partial charge in [-0.05, 0) is 36.2 Å². The molecule has 156 valence electrons. The first kappa shape index (κ1) is 19.9. The Morgan fingerprint density at radius 3 is 2.77 bits per heavy atom. The van der Waals surface area contributed by atoms with Gasteiger partial charge in [-0.1, -0.05) is 18.2 Å². The van der Waals surface area contributed by atoms with Crippen LogP contribution in [0.15, 0.2) is 42.5 Å². The number of rotatable bonds is 5. The van der Waals surface area contributed by atoms with Crippen molar-refractivity contribution in [1.82, 2.24) is 5.32 Å². The maximum absolute atomic E-state index is 12.7. The summed E-state index contributed by atoms with van der Waals surface area (Å²) in [6.07, 6.45) is 0.960. The monoisotopic (exact) mass is 407 g/mol. The Morgan fingerprint density at radius 2 is 2.00 bits per heavy atom. The summed E-state index contributed by atoms with van der Waals surface area (Å²) in [6.45, 7) is 2.93. The van der Waals surface area contributed by atoms with E-state index in [0.717, 1.165) is 34.7 Å². The molecule has 1 atom stereocenters. The zero-order valence-electron chi connectivity index (χ0n) is 17.2. The van der Waals surface area contributed by atoms with Gasteiger partial charge in [-0.15, -0.1) is 0 Å². The first-order chi connectivity index (χ1) is 14.5. The lowest BCUT2D eigenvalue weighted by Crippen LogP contribution is -2.32. The van der Waals surface area contributed by atoms with Crippen molar-refractivity contribution in [3.05, 3.63) is 53.6 Å². The van der Waals surface area contributed by atoms with E-state index in [-0.39, 0.29) is 24.1 Å². The Kier molecular flexibility index (Phi) is 5.44. The molecule has 2 aliphatic rings. The second-order valence-electron chi connectivity index (χ2n) is 7.67. The third-order valence-electron chi connectivity index (χ3n) is 5.79. The van der Waals surface area contributed by atoms with Crippen molar-refractivity contribution >= 4 is 29.1 Å². The molecule has 1 unspecified atom stereocenters. The van der Waals surface area contributed by atoms with E-state index >= 15 is 0 Å². The van der Waals surface area contributed by atoms with Gasteiger partial charge in [0.2, 0.25) is 17.7 Å². The summed E-state index contributed by atoms with van der Waals surface area (Å²) in [4.78, 5) is 40.4. The minimum atomic E-state index is -0.394. The summed E-state index contributed by atoms with van der Waals surface area (Å²) in [7, 11) is 1.60. The van der Waals surface area contributed by atoms with E-state index < -0.39 is 5.92 Å². The molecule has 1 N–H and O–H groups in total. The van der Waals surface area contributed by atoms with E-state index in [0.29, 0.717) is 19.6 Å². The van der Waals surface area contributed by atoms with Gasteiger partial charge in [0.15, 0.2) is 0 Å². The van der Waals surface area contributed by atoms with Crippen LogP contribution in [0.5, 0.6) is 5.75 Å². The highest BCUT2D eigenvalue weighted by Crippen LogP contribution is 2.34. The molecule has 30 heavy (non-hydrogen) atoms. The number of anilines is 2. The number of methoxy groups -OCH3 is 1. The van der Waals surface area contributed by atoms with E-state index in [9.17, 15) is 14.4 Å². The molecule has 2 aromatic carbocycles. The summed E-state index contributed by atoms with van der Waals surface area (Å²) >= 11 is 0. The fourth-order valence-electron chi connectivity index (χ4n) is 4.19. The van der Waals surface area contributed by atoms with Crippen LogP contribution < -0.4 is 19.9 Å². The Labute approximate surface area is 175 Å². The zero-order chi connectivity index (χ0) is 21.3. The van der Waals surface area contributed by atoms with Gasteiger partial charge in [-0.25, -0.2) is 0 Å². The Hall–Kier alpha value is -3.35. The van der Waals surface area contributed by atoms with Crippen molar-refractivity contribution in [3.8, 4) is 5.75 Å². The number of hydrogen-bond donors (Lipinski definition) is 1. The molecule has 0 aromatic heterocycles. The molecule has 7 nitrogen and oxygen atoms in total. The van der Waals surface area contributed by atoms with Gasteiger partial charge in [0, 0.05) is 49.9 Å². The highest BCUT2D eigenvalue weighted by atomic mass is 16.5. The molecule has 1 fully saturated rings. The Bertz CT molecular complexity index is 1000. The molecule has 2 aromatic rings. The molecule has 2 aliphatic heterocycles. The molecule has 1 saturated heterocycles. The lowest BCUT2D eigenvalue weighted by Gasteiger charge is -2.19. The van der Waals surface area contributed by atoms with Gasteiger partial charge in [0.25, 0.3) is 0 Å². The molecule has 2 heterocycles. The summed E-state index contributed by atoms with van der Waals surface area (Å²) in [5.74, 6) is 0.147. The Balaban J connectivity index is 1.42.